The lowest BCUT2D eigenvalue weighted by atomic mass is 10.2. The van der Waals surface area contributed by atoms with Crippen molar-refractivity contribution in [3.63, 3.8) is 0 Å². The molecule has 0 aliphatic heterocycles. The molecule has 0 aliphatic rings. The minimum atomic E-state index is -1.04. The van der Waals surface area contributed by atoms with Crippen molar-refractivity contribution in [3.05, 3.63) is 12.2 Å². The number of amides is 2. The Bertz CT molecular complexity index is 437. The number of hydrogen-bond donors (Lipinski definition) is 3. The highest BCUT2D eigenvalue weighted by Crippen LogP contribution is 2.00. The zero-order chi connectivity index (χ0) is 14.3. The third-order valence-corrected chi connectivity index (χ3v) is 2.91. The van der Waals surface area contributed by atoms with Crippen LogP contribution in [0.2, 0.25) is 0 Å². The quantitative estimate of drug-likeness (QED) is 0.642. The van der Waals surface area contributed by atoms with E-state index in [1.54, 1.807) is 7.05 Å². The average molecular weight is 287 g/mol. The number of carboxylic acids is 1. The van der Waals surface area contributed by atoms with Crippen molar-refractivity contribution in [2.45, 2.75) is 19.0 Å². The lowest BCUT2D eigenvalue weighted by Gasteiger charge is -2.14. The Kier molecular flexibility index (Phi) is 6.13. The van der Waals surface area contributed by atoms with E-state index in [9.17, 15) is 9.59 Å². The van der Waals surface area contributed by atoms with Crippen molar-refractivity contribution in [1.29, 1.82) is 0 Å². The van der Waals surface area contributed by atoms with Crippen LogP contribution in [0.25, 0.3) is 0 Å². The summed E-state index contributed by atoms with van der Waals surface area (Å²) in [6, 6.07) is -1.43. The van der Waals surface area contributed by atoms with Gasteiger partial charge in [0.05, 0.1) is 6.54 Å². The van der Waals surface area contributed by atoms with Gasteiger partial charge in [-0.2, -0.15) is 16.9 Å². The lowest BCUT2D eigenvalue weighted by molar-refractivity contribution is -0.139. The van der Waals surface area contributed by atoms with Gasteiger partial charge in [-0.1, -0.05) is 0 Å². The van der Waals surface area contributed by atoms with E-state index in [-0.39, 0.29) is 6.54 Å². The van der Waals surface area contributed by atoms with Crippen LogP contribution in [0.1, 0.15) is 12.2 Å². The van der Waals surface area contributed by atoms with Gasteiger partial charge >= 0.3 is 12.0 Å². The van der Waals surface area contributed by atoms with Gasteiger partial charge in [-0.05, 0) is 18.4 Å². The van der Waals surface area contributed by atoms with Crippen LogP contribution in [-0.4, -0.2) is 49.9 Å². The molecule has 0 bridgehead atoms. The number of aryl methyl sites for hydroxylation is 1. The summed E-state index contributed by atoms with van der Waals surface area (Å²) in [5.74, 6) is 0.0905. The molecule has 0 radical (unpaired) electrons. The molecule has 2 amide bonds. The van der Waals surface area contributed by atoms with Crippen LogP contribution in [0.5, 0.6) is 0 Å². The van der Waals surface area contributed by atoms with Gasteiger partial charge in [0.25, 0.3) is 0 Å². The molecular formula is C10H17N5O3S. The summed E-state index contributed by atoms with van der Waals surface area (Å²) in [4.78, 5) is 26.4. The Labute approximate surface area is 115 Å². The fraction of sp³-hybridized carbons (Fsp3) is 0.600. The molecule has 0 saturated heterocycles. The first-order chi connectivity index (χ1) is 9.02. The second-order valence-electron chi connectivity index (χ2n) is 3.83. The molecule has 1 unspecified atom stereocenters. The summed E-state index contributed by atoms with van der Waals surface area (Å²) in [5.41, 5.74) is 0. The van der Waals surface area contributed by atoms with Gasteiger partial charge in [0.15, 0.2) is 5.82 Å². The molecule has 1 atom stereocenters. The van der Waals surface area contributed by atoms with E-state index in [1.807, 2.05) is 6.26 Å². The highest BCUT2D eigenvalue weighted by molar-refractivity contribution is 7.98. The second-order valence-corrected chi connectivity index (χ2v) is 4.82. The molecule has 3 N–H and O–H groups in total. The number of carboxylic acid groups (broad SMARTS) is 1. The lowest BCUT2D eigenvalue weighted by Crippen LogP contribution is -2.46. The number of aliphatic carboxylic acids is 1. The van der Waals surface area contributed by atoms with Crippen LogP contribution in [0.15, 0.2) is 6.33 Å². The van der Waals surface area contributed by atoms with Crippen molar-refractivity contribution in [2.24, 2.45) is 7.05 Å². The van der Waals surface area contributed by atoms with E-state index in [2.05, 4.69) is 20.7 Å². The Morgan fingerprint density at radius 1 is 1.58 bits per heavy atom. The number of nitrogens with one attached hydrogen (secondary N) is 2. The molecule has 0 aliphatic carbocycles. The second kappa shape index (κ2) is 7.62. The molecule has 1 aromatic heterocycles. The first kappa shape index (κ1) is 15.3. The maximum Gasteiger partial charge on any atom is 0.326 e. The van der Waals surface area contributed by atoms with Gasteiger partial charge in [-0.15, -0.1) is 0 Å². The summed E-state index contributed by atoms with van der Waals surface area (Å²) < 4.78 is 1.52. The van der Waals surface area contributed by atoms with E-state index in [0.717, 1.165) is 0 Å². The maximum absolute atomic E-state index is 11.5. The fourth-order valence-corrected chi connectivity index (χ4v) is 1.80. The van der Waals surface area contributed by atoms with Gasteiger partial charge < -0.3 is 15.7 Å². The number of nitrogens with zero attached hydrogens (tertiary/aromatic N) is 3. The number of aromatic nitrogens is 3. The highest BCUT2D eigenvalue weighted by Gasteiger charge is 2.19. The van der Waals surface area contributed by atoms with Crippen molar-refractivity contribution in [2.75, 3.05) is 12.0 Å². The molecule has 1 aromatic rings. The van der Waals surface area contributed by atoms with E-state index < -0.39 is 18.0 Å². The number of carbonyl (C=O) groups is 2. The average Bonchev–Trinajstić information content (AvgIpc) is 2.77. The molecule has 19 heavy (non-hydrogen) atoms. The predicted molar refractivity (Wildman–Crippen MR) is 70.8 cm³/mol. The number of rotatable bonds is 7. The third kappa shape index (κ3) is 5.60. The number of carbonyl (C=O) groups excluding carboxylic acids is 1. The summed E-state index contributed by atoms with van der Waals surface area (Å²) in [7, 11) is 1.72. The maximum atomic E-state index is 11.5. The Morgan fingerprint density at radius 2 is 2.32 bits per heavy atom. The molecule has 9 heteroatoms. The van der Waals surface area contributed by atoms with Crippen molar-refractivity contribution in [1.82, 2.24) is 25.4 Å². The van der Waals surface area contributed by atoms with Gasteiger partial charge in [-0.25, -0.2) is 14.6 Å². The Morgan fingerprint density at radius 3 is 2.84 bits per heavy atom. The molecule has 0 aromatic carbocycles. The first-order valence-electron chi connectivity index (χ1n) is 5.63. The van der Waals surface area contributed by atoms with Crippen molar-refractivity contribution in [3.8, 4) is 0 Å². The Balaban J connectivity index is 2.37. The summed E-state index contributed by atoms with van der Waals surface area (Å²) in [6.07, 6.45) is 3.78. The molecule has 106 valence electrons. The molecule has 1 heterocycles. The topological polar surface area (TPSA) is 109 Å². The normalized spacial score (nSPS) is 11.9. The minimum absolute atomic E-state index is 0.154. The molecule has 0 fully saturated rings. The van der Waals surface area contributed by atoms with Crippen LogP contribution < -0.4 is 10.6 Å². The van der Waals surface area contributed by atoms with Crippen LogP contribution in [0.4, 0.5) is 4.79 Å². The largest absolute Gasteiger partial charge is 0.480 e. The molecule has 1 rings (SSSR count). The van der Waals surface area contributed by atoms with Gasteiger partial charge in [0.1, 0.15) is 12.4 Å². The summed E-state index contributed by atoms with van der Waals surface area (Å²) in [5, 5.41) is 17.9. The van der Waals surface area contributed by atoms with Gasteiger partial charge in [0.2, 0.25) is 0 Å². The molecular weight excluding hydrogens is 270 g/mol. The van der Waals surface area contributed by atoms with E-state index >= 15 is 0 Å². The van der Waals surface area contributed by atoms with Crippen molar-refractivity contribution < 1.29 is 14.7 Å². The predicted octanol–water partition coefficient (Wildman–Crippen LogP) is -0.179. The van der Waals surface area contributed by atoms with Gasteiger partial charge in [-0.3, -0.25) is 4.68 Å². The van der Waals surface area contributed by atoms with Crippen LogP contribution in [0.3, 0.4) is 0 Å². The SMILES string of the molecule is CSCCC(NC(=O)NCc1ncn(C)n1)C(=O)O. The third-order valence-electron chi connectivity index (χ3n) is 2.27. The smallest absolute Gasteiger partial charge is 0.326 e. The monoisotopic (exact) mass is 287 g/mol. The highest BCUT2D eigenvalue weighted by atomic mass is 32.2. The van der Waals surface area contributed by atoms with E-state index in [4.69, 9.17) is 5.11 Å². The van der Waals surface area contributed by atoms with Crippen LogP contribution >= 0.6 is 11.8 Å². The molecule has 0 spiro atoms. The summed E-state index contributed by atoms with van der Waals surface area (Å²) in [6.45, 7) is 0.154. The Hall–Kier alpha value is -1.77. The fourth-order valence-electron chi connectivity index (χ4n) is 1.33. The summed E-state index contributed by atoms with van der Waals surface area (Å²) >= 11 is 1.53. The first-order valence-corrected chi connectivity index (χ1v) is 7.03. The van der Waals surface area contributed by atoms with E-state index in [0.29, 0.717) is 18.0 Å². The van der Waals surface area contributed by atoms with Gasteiger partial charge in [0, 0.05) is 7.05 Å². The van der Waals surface area contributed by atoms with E-state index in [1.165, 1.54) is 22.8 Å². The molecule has 0 saturated carbocycles. The standard InChI is InChI=1S/C10H17N5O3S/c1-15-6-12-8(14-15)5-11-10(18)13-7(9(16)17)3-4-19-2/h6-7H,3-5H2,1-2H3,(H,16,17)(H2,11,13,18). The number of hydrogen-bond acceptors (Lipinski definition) is 5. The van der Waals surface area contributed by atoms with Crippen LogP contribution in [0, 0.1) is 0 Å². The number of urea groups is 1. The zero-order valence-corrected chi connectivity index (χ0v) is 11.6. The molecule has 8 nitrogen and oxygen atoms in total. The minimum Gasteiger partial charge on any atom is -0.480 e. The van der Waals surface area contributed by atoms with Crippen LogP contribution in [-0.2, 0) is 18.4 Å². The zero-order valence-electron chi connectivity index (χ0n) is 10.8. The number of thioether (sulfide) groups is 1. The van der Waals surface area contributed by atoms with Crippen molar-refractivity contribution >= 4 is 23.8 Å².